The number of nitrogens with zero attached hydrogens (tertiary/aromatic N) is 1. The summed E-state index contributed by atoms with van der Waals surface area (Å²) in [6, 6.07) is 0.393. The lowest BCUT2D eigenvalue weighted by molar-refractivity contribution is -0.0148. The van der Waals surface area contributed by atoms with Gasteiger partial charge in [-0.2, -0.15) is 0 Å². The van der Waals surface area contributed by atoms with Crippen molar-refractivity contribution < 1.29 is 5.11 Å². The van der Waals surface area contributed by atoms with Gasteiger partial charge in [-0.15, -0.1) is 12.3 Å². The summed E-state index contributed by atoms with van der Waals surface area (Å²) in [6.07, 6.45) is 11.4. The first-order chi connectivity index (χ1) is 6.76. The van der Waals surface area contributed by atoms with Gasteiger partial charge in [0.1, 0.15) is 0 Å². The first kappa shape index (κ1) is 10.0. The van der Waals surface area contributed by atoms with E-state index in [2.05, 4.69) is 10.8 Å². The van der Waals surface area contributed by atoms with Crippen LogP contribution in [0, 0.1) is 12.3 Å². The fraction of sp³-hybridized carbons (Fsp3) is 0.833. The number of terminal acetylenes is 1. The van der Waals surface area contributed by atoms with Crippen LogP contribution in [-0.4, -0.2) is 34.7 Å². The van der Waals surface area contributed by atoms with Crippen LogP contribution in [0.1, 0.15) is 38.5 Å². The molecule has 2 unspecified atom stereocenters. The Kier molecular flexibility index (Phi) is 2.80. The summed E-state index contributed by atoms with van der Waals surface area (Å²) < 4.78 is 0. The second kappa shape index (κ2) is 3.92. The number of piperidine rings is 1. The largest absolute Gasteiger partial charge is 0.388 e. The molecule has 2 heterocycles. The Morgan fingerprint density at radius 2 is 2.29 bits per heavy atom. The molecular formula is C12H19NO. The molecule has 2 fully saturated rings. The van der Waals surface area contributed by atoms with Crippen molar-refractivity contribution in [2.45, 2.75) is 50.2 Å². The lowest BCUT2D eigenvalue weighted by atomic mass is 9.85. The molecule has 2 aliphatic rings. The smallest absolute Gasteiger partial charge is 0.0823 e. The maximum Gasteiger partial charge on any atom is 0.0823 e. The zero-order chi connectivity index (χ0) is 10.0. The molecule has 2 heteroatoms. The average Bonchev–Trinajstić information content (AvgIpc) is 2.55. The third kappa shape index (κ3) is 1.67. The highest BCUT2D eigenvalue weighted by Gasteiger charge is 2.45. The van der Waals surface area contributed by atoms with Crippen LogP contribution < -0.4 is 0 Å². The molecule has 78 valence electrons. The number of rotatable bonds is 2. The lowest BCUT2D eigenvalue weighted by Gasteiger charge is -2.37. The van der Waals surface area contributed by atoms with Crippen LogP contribution in [0.4, 0.5) is 0 Å². The molecule has 0 aliphatic carbocycles. The number of aliphatic hydroxyl groups is 1. The first-order valence-electron chi connectivity index (χ1n) is 5.66. The van der Waals surface area contributed by atoms with Crippen molar-refractivity contribution in [1.29, 1.82) is 0 Å². The van der Waals surface area contributed by atoms with E-state index in [1.54, 1.807) is 0 Å². The van der Waals surface area contributed by atoms with Crippen LogP contribution >= 0.6 is 0 Å². The van der Waals surface area contributed by atoms with E-state index < -0.39 is 5.60 Å². The second-order valence-electron chi connectivity index (χ2n) is 4.61. The quantitative estimate of drug-likeness (QED) is 0.670. The lowest BCUT2D eigenvalue weighted by Crippen LogP contribution is -2.46. The summed E-state index contributed by atoms with van der Waals surface area (Å²) in [7, 11) is 0. The van der Waals surface area contributed by atoms with Crippen LogP contribution in [-0.2, 0) is 0 Å². The highest BCUT2D eigenvalue weighted by atomic mass is 16.3. The Hall–Kier alpha value is -0.520. The third-order valence-electron chi connectivity index (χ3n) is 3.77. The maximum absolute atomic E-state index is 10.5. The van der Waals surface area contributed by atoms with E-state index in [9.17, 15) is 5.11 Å². The SMILES string of the molecule is C#CCCC1(O)CCN2CCCCC21. The molecule has 2 atom stereocenters. The van der Waals surface area contributed by atoms with Crippen LogP contribution in [0.5, 0.6) is 0 Å². The van der Waals surface area contributed by atoms with E-state index in [0.29, 0.717) is 12.5 Å². The van der Waals surface area contributed by atoms with Crippen LogP contribution in [0.3, 0.4) is 0 Å². The summed E-state index contributed by atoms with van der Waals surface area (Å²) in [5.41, 5.74) is -0.479. The topological polar surface area (TPSA) is 23.5 Å². The average molecular weight is 193 g/mol. The summed E-state index contributed by atoms with van der Waals surface area (Å²) >= 11 is 0. The number of hydrogen-bond donors (Lipinski definition) is 1. The highest BCUT2D eigenvalue weighted by molar-refractivity contribution is 5.03. The minimum Gasteiger partial charge on any atom is -0.388 e. The van der Waals surface area contributed by atoms with Gasteiger partial charge in [0.25, 0.3) is 0 Å². The molecule has 0 aromatic rings. The monoisotopic (exact) mass is 193 g/mol. The van der Waals surface area contributed by atoms with E-state index in [-0.39, 0.29) is 0 Å². The van der Waals surface area contributed by atoms with Gasteiger partial charge in [0.15, 0.2) is 0 Å². The molecule has 0 saturated carbocycles. The summed E-state index contributed by atoms with van der Waals surface area (Å²) in [5.74, 6) is 2.64. The third-order valence-corrected chi connectivity index (χ3v) is 3.77. The van der Waals surface area contributed by atoms with Crippen molar-refractivity contribution in [2.75, 3.05) is 13.1 Å². The molecule has 2 nitrogen and oxygen atoms in total. The van der Waals surface area contributed by atoms with Gasteiger partial charge in [-0.3, -0.25) is 4.90 Å². The van der Waals surface area contributed by atoms with Gasteiger partial charge in [-0.05, 0) is 32.2 Å². The zero-order valence-electron chi connectivity index (χ0n) is 8.71. The van der Waals surface area contributed by atoms with Crippen molar-refractivity contribution in [3.63, 3.8) is 0 Å². The normalized spacial score (nSPS) is 37.9. The number of hydrogen-bond acceptors (Lipinski definition) is 2. The molecule has 1 N–H and O–H groups in total. The minimum absolute atomic E-state index is 0.393. The van der Waals surface area contributed by atoms with E-state index >= 15 is 0 Å². The summed E-state index contributed by atoms with van der Waals surface area (Å²) in [6.45, 7) is 2.23. The van der Waals surface area contributed by atoms with E-state index in [1.165, 1.54) is 19.4 Å². The maximum atomic E-state index is 10.5. The van der Waals surface area contributed by atoms with Gasteiger partial charge in [0, 0.05) is 19.0 Å². The Balaban J connectivity index is 2.02. The van der Waals surface area contributed by atoms with Crippen LogP contribution in [0.2, 0.25) is 0 Å². The zero-order valence-corrected chi connectivity index (χ0v) is 8.71. The van der Waals surface area contributed by atoms with E-state index in [1.807, 2.05) is 0 Å². The molecule has 0 aromatic carbocycles. The van der Waals surface area contributed by atoms with Crippen molar-refractivity contribution in [3.8, 4) is 12.3 Å². The van der Waals surface area contributed by atoms with E-state index in [4.69, 9.17) is 6.42 Å². The molecule has 0 radical (unpaired) electrons. The Bertz CT molecular complexity index is 245. The molecule has 2 rings (SSSR count). The molecule has 0 amide bonds. The fourth-order valence-electron chi connectivity index (χ4n) is 2.95. The van der Waals surface area contributed by atoms with Crippen molar-refractivity contribution in [2.24, 2.45) is 0 Å². The molecule has 2 aliphatic heterocycles. The van der Waals surface area contributed by atoms with Gasteiger partial charge < -0.3 is 5.11 Å². The van der Waals surface area contributed by atoms with Gasteiger partial charge in [-0.1, -0.05) is 6.42 Å². The predicted octanol–water partition coefficient (Wildman–Crippen LogP) is 1.39. The standard InChI is InChI=1S/C12H19NO/c1-2-3-7-12(14)8-10-13-9-5-4-6-11(12)13/h1,11,14H,3-10H2. The molecule has 2 saturated heterocycles. The molecule has 0 bridgehead atoms. The van der Waals surface area contributed by atoms with Crippen molar-refractivity contribution >= 4 is 0 Å². The van der Waals surface area contributed by atoms with Crippen molar-refractivity contribution in [1.82, 2.24) is 4.90 Å². The Morgan fingerprint density at radius 3 is 3.07 bits per heavy atom. The molecule has 14 heavy (non-hydrogen) atoms. The predicted molar refractivity (Wildman–Crippen MR) is 56.8 cm³/mol. The van der Waals surface area contributed by atoms with Crippen LogP contribution in [0.25, 0.3) is 0 Å². The van der Waals surface area contributed by atoms with E-state index in [0.717, 1.165) is 25.8 Å². The highest BCUT2D eigenvalue weighted by Crippen LogP contribution is 2.37. The van der Waals surface area contributed by atoms with Crippen molar-refractivity contribution in [3.05, 3.63) is 0 Å². The first-order valence-corrected chi connectivity index (χ1v) is 5.66. The van der Waals surface area contributed by atoms with Gasteiger partial charge in [-0.25, -0.2) is 0 Å². The molecule has 0 aromatic heterocycles. The Morgan fingerprint density at radius 1 is 1.43 bits per heavy atom. The number of fused-ring (bicyclic) bond motifs is 1. The van der Waals surface area contributed by atoms with Gasteiger partial charge >= 0.3 is 0 Å². The molecule has 0 spiro atoms. The summed E-state index contributed by atoms with van der Waals surface area (Å²) in [4.78, 5) is 2.44. The summed E-state index contributed by atoms with van der Waals surface area (Å²) in [5, 5.41) is 10.5. The van der Waals surface area contributed by atoms with Gasteiger partial charge in [0.2, 0.25) is 0 Å². The fourth-order valence-corrected chi connectivity index (χ4v) is 2.95. The molecular weight excluding hydrogens is 174 g/mol. The minimum atomic E-state index is -0.479. The van der Waals surface area contributed by atoms with Gasteiger partial charge in [0.05, 0.1) is 5.60 Å². The Labute approximate surface area is 86.3 Å². The van der Waals surface area contributed by atoms with Crippen LogP contribution in [0.15, 0.2) is 0 Å². The second-order valence-corrected chi connectivity index (χ2v) is 4.61.